The number of furan rings is 1. The molecule has 1 aromatic rings. The Labute approximate surface area is 132 Å². The average molecular weight is 308 g/mol. The maximum Gasteiger partial charge on any atom is 0.129 e. The Hall–Kier alpha value is -0.880. The van der Waals surface area contributed by atoms with E-state index in [0.29, 0.717) is 17.6 Å². The smallest absolute Gasteiger partial charge is 0.129 e. The summed E-state index contributed by atoms with van der Waals surface area (Å²) in [6, 6.07) is 3.79. The van der Waals surface area contributed by atoms with Crippen molar-refractivity contribution in [2.45, 2.75) is 32.4 Å². The summed E-state index contributed by atoms with van der Waals surface area (Å²) < 4.78 is 5.61. The van der Waals surface area contributed by atoms with Gasteiger partial charge in [-0.3, -0.25) is 4.90 Å². The Bertz CT molecular complexity index is 457. The van der Waals surface area contributed by atoms with Crippen LogP contribution in [0.1, 0.15) is 30.8 Å². The number of hydrogen-bond acceptors (Lipinski definition) is 5. The normalized spacial score (nSPS) is 27.5. The second kappa shape index (κ2) is 7.59. The summed E-state index contributed by atoms with van der Waals surface area (Å²) in [5.41, 5.74) is 0. The number of nitrogens with zero attached hydrogens (tertiary/aromatic N) is 2. The van der Waals surface area contributed by atoms with Gasteiger partial charge in [-0.15, -0.1) is 0 Å². The first-order valence-corrected chi connectivity index (χ1v) is 8.51. The summed E-state index contributed by atoms with van der Waals surface area (Å²) in [7, 11) is 0. The maximum atomic E-state index is 9.60. The van der Waals surface area contributed by atoms with Crippen molar-refractivity contribution in [2.75, 3.05) is 39.3 Å². The quantitative estimate of drug-likeness (QED) is 0.829. The second-order valence-corrected chi connectivity index (χ2v) is 6.88. The maximum absolute atomic E-state index is 9.60. The van der Waals surface area contributed by atoms with Gasteiger partial charge in [-0.05, 0) is 56.3 Å². The van der Waals surface area contributed by atoms with Gasteiger partial charge in [0.25, 0.3) is 0 Å². The van der Waals surface area contributed by atoms with Gasteiger partial charge in [-0.1, -0.05) is 0 Å². The van der Waals surface area contributed by atoms with Crippen molar-refractivity contribution in [3.63, 3.8) is 0 Å². The third-order valence-electron chi connectivity index (χ3n) is 4.93. The highest BCUT2D eigenvalue weighted by atomic mass is 16.4. The first-order valence-electron chi connectivity index (χ1n) is 8.51. The molecule has 124 valence electrons. The van der Waals surface area contributed by atoms with Crippen LogP contribution in [-0.2, 0) is 13.2 Å². The average Bonchev–Trinajstić information content (AvgIpc) is 3.18. The third kappa shape index (κ3) is 4.10. The van der Waals surface area contributed by atoms with Crippen molar-refractivity contribution >= 4 is 0 Å². The minimum atomic E-state index is -0.0448. The molecule has 5 heteroatoms. The van der Waals surface area contributed by atoms with Gasteiger partial charge in [-0.25, -0.2) is 0 Å². The van der Waals surface area contributed by atoms with E-state index in [2.05, 4.69) is 9.80 Å². The zero-order valence-corrected chi connectivity index (χ0v) is 13.3. The molecule has 2 N–H and O–H groups in total. The van der Waals surface area contributed by atoms with Crippen LogP contribution in [0.25, 0.3) is 0 Å². The molecule has 0 aliphatic carbocycles. The van der Waals surface area contributed by atoms with Gasteiger partial charge in [-0.2, -0.15) is 0 Å². The molecule has 0 unspecified atom stereocenters. The highest BCUT2D eigenvalue weighted by Gasteiger charge is 2.29. The molecule has 0 radical (unpaired) electrons. The highest BCUT2D eigenvalue weighted by molar-refractivity contribution is 5.06. The summed E-state index contributed by atoms with van der Waals surface area (Å²) in [4.78, 5) is 4.96. The fourth-order valence-corrected chi connectivity index (χ4v) is 3.96. The van der Waals surface area contributed by atoms with Gasteiger partial charge in [0, 0.05) is 26.2 Å². The van der Waals surface area contributed by atoms with Crippen LogP contribution in [-0.4, -0.2) is 59.3 Å². The van der Waals surface area contributed by atoms with Crippen molar-refractivity contribution in [3.8, 4) is 0 Å². The molecule has 2 saturated heterocycles. The molecule has 2 atom stereocenters. The summed E-state index contributed by atoms with van der Waals surface area (Å²) in [5, 5.41) is 18.7. The molecular weight excluding hydrogens is 280 g/mol. The molecule has 2 fully saturated rings. The molecule has 5 nitrogen and oxygen atoms in total. The van der Waals surface area contributed by atoms with Crippen LogP contribution in [0.4, 0.5) is 0 Å². The van der Waals surface area contributed by atoms with Crippen molar-refractivity contribution in [2.24, 2.45) is 11.8 Å². The minimum Gasteiger partial charge on any atom is -0.462 e. The Morgan fingerprint density at radius 1 is 1.00 bits per heavy atom. The lowest BCUT2D eigenvalue weighted by atomic mass is 9.89. The molecule has 0 amide bonds. The Kier molecular flexibility index (Phi) is 5.52. The number of aliphatic hydroxyl groups is 2. The van der Waals surface area contributed by atoms with E-state index in [0.717, 1.165) is 38.4 Å². The lowest BCUT2D eigenvalue weighted by Gasteiger charge is -2.38. The van der Waals surface area contributed by atoms with E-state index < -0.39 is 0 Å². The Morgan fingerprint density at radius 2 is 1.73 bits per heavy atom. The first-order chi connectivity index (χ1) is 10.8. The first kappa shape index (κ1) is 16.0. The van der Waals surface area contributed by atoms with E-state index in [1.54, 1.807) is 0 Å². The Morgan fingerprint density at radius 3 is 2.41 bits per heavy atom. The van der Waals surface area contributed by atoms with Crippen LogP contribution < -0.4 is 0 Å². The number of likely N-dealkylation sites (tertiary alicyclic amines) is 2. The van der Waals surface area contributed by atoms with Crippen LogP contribution in [0.15, 0.2) is 16.5 Å². The van der Waals surface area contributed by atoms with Crippen LogP contribution in [0.2, 0.25) is 0 Å². The third-order valence-corrected chi connectivity index (χ3v) is 4.93. The van der Waals surface area contributed by atoms with E-state index in [4.69, 9.17) is 9.52 Å². The molecule has 3 rings (SSSR count). The van der Waals surface area contributed by atoms with Gasteiger partial charge in [0.2, 0.25) is 0 Å². The van der Waals surface area contributed by atoms with Gasteiger partial charge >= 0.3 is 0 Å². The zero-order chi connectivity index (χ0) is 15.4. The number of piperidine rings is 1. The summed E-state index contributed by atoms with van der Waals surface area (Å²) in [6.07, 6.45) is 3.79. The van der Waals surface area contributed by atoms with Gasteiger partial charge in [0.15, 0.2) is 0 Å². The second-order valence-electron chi connectivity index (χ2n) is 6.88. The molecule has 0 spiro atoms. The Balaban J connectivity index is 1.57. The predicted molar refractivity (Wildman–Crippen MR) is 84.3 cm³/mol. The van der Waals surface area contributed by atoms with E-state index in [1.165, 1.54) is 25.9 Å². The topological polar surface area (TPSA) is 60.1 Å². The number of rotatable bonds is 6. The minimum absolute atomic E-state index is 0.0448. The van der Waals surface area contributed by atoms with E-state index in [9.17, 15) is 5.11 Å². The summed E-state index contributed by atoms with van der Waals surface area (Å²) in [5.74, 6) is 2.53. The highest BCUT2D eigenvalue weighted by Crippen LogP contribution is 2.25. The van der Waals surface area contributed by atoms with Crippen molar-refractivity contribution in [1.82, 2.24) is 9.80 Å². The SMILES string of the molecule is OCc1ccc(CN2C[C@H](CO)C[C@@H](CN3CCCC3)C2)o1. The van der Waals surface area contributed by atoms with E-state index in [-0.39, 0.29) is 13.2 Å². The molecule has 1 aromatic heterocycles. The van der Waals surface area contributed by atoms with Gasteiger partial charge in [0.1, 0.15) is 18.1 Å². The van der Waals surface area contributed by atoms with Gasteiger partial charge < -0.3 is 19.5 Å². The van der Waals surface area contributed by atoms with Crippen LogP contribution in [0, 0.1) is 11.8 Å². The molecule has 0 bridgehead atoms. The van der Waals surface area contributed by atoms with E-state index >= 15 is 0 Å². The van der Waals surface area contributed by atoms with Crippen molar-refractivity contribution in [1.29, 1.82) is 0 Å². The molecule has 2 aliphatic heterocycles. The van der Waals surface area contributed by atoms with Crippen LogP contribution >= 0.6 is 0 Å². The fraction of sp³-hybridized carbons (Fsp3) is 0.765. The van der Waals surface area contributed by atoms with E-state index in [1.807, 2.05) is 12.1 Å². The van der Waals surface area contributed by atoms with Crippen LogP contribution in [0.5, 0.6) is 0 Å². The monoisotopic (exact) mass is 308 g/mol. The largest absolute Gasteiger partial charge is 0.462 e. The zero-order valence-electron chi connectivity index (χ0n) is 13.3. The number of hydrogen-bond donors (Lipinski definition) is 2. The molecule has 0 saturated carbocycles. The van der Waals surface area contributed by atoms with Gasteiger partial charge in [0.05, 0.1) is 6.54 Å². The predicted octanol–water partition coefficient (Wildman–Crippen LogP) is 1.30. The molecule has 2 aliphatic rings. The standard InChI is InChI=1S/C17H28N2O3/c20-12-15-7-14(8-18-5-1-2-6-18)9-19(10-15)11-16-3-4-17(13-21)22-16/h3-4,14-15,20-21H,1-2,5-13H2/t14-,15+/m0/s1. The van der Waals surface area contributed by atoms with Crippen molar-refractivity contribution in [3.05, 3.63) is 23.7 Å². The van der Waals surface area contributed by atoms with Crippen LogP contribution in [0.3, 0.4) is 0 Å². The summed E-state index contributed by atoms with van der Waals surface area (Å²) >= 11 is 0. The van der Waals surface area contributed by atoms with Crippen molar-refractivity contribution < 1.29 is 14.6 Å². The number of aliphatic hydroxyl groups excluding tert-OH is 2. The lowest BCUT2D eigenvalue weighted by Crippen LogP contribution is -2.44. The molecule has 3 heterocycles. The molecule has 22 heavy (non-hydrogen) atoms. The fourth-order valence-electron chi connectivity index (χ4n) is 3.96. The lowest BCUT2D eigenvalue weighted by molar-refractivity contribution is 0.0613. The molecule has 0 aromatic carbocycles. The molecular formula is C17H28N2O3. The summed E-state index contributed by atoms with van der Waals surface area (Å²) in [6.45, 7) is 6.63.